The Kier molecular flexibility index (Phi) is 4.78. The number of ether oxygens (including phenoxy) is 1. The fraction of sp³-hybridized carbons (Fsp3) is 0.278. The Balaban J connectivity index is 1.83. The summed E-state index contributed by atoms with van der Waals surface area (Å²) in [5.74, 6) is 0.846. The molecule has 1 aliphatic heterocycles. The highest BCUT2D eigenvalue weighted by molar-refractivity contribution is 6.00. The highest BCUT2D eigenvalue weighted by atomic mass is 16.5. The van der Waals surface area contributed by atoms with Crippen molar-refractivity contribution in [3.63, 3.8) is 0 Å². The lowest BCUT2D eigenvalue weighted by Gasteiger charge is -2.28. The van der Waals surface area contributed by atoms with Gasteiger partial charge in [0.2, 0.25) is 0 Å². The van der Waals surface area contributed by atoms with Crippen LogP contribution in [0.4, 0.5) is 11.4 Å². The Hall–Kier alpha value is -2.53. The monoisotopic (exact) mass is 311 g/mol. The standard InChI is InChI=1S/C18H21N3O2/c1-23-15-6-4-5-14(13-15)20-17-8-3-2-7-16(17)18(22)21-11-9-19-10-12-21/h2-8,13,19-20H,9-12H2,1H3. The topological polar surface area (TPSA) is 53.6 Å². The van der Waals surface area contributed by atoms with E-state index in [1.165, 1.54) is 0 Å². The van der Waals surface area contributed by atoms with E-state index >= 15 is 0 Å². The van der Waals surface area contributed by atoms with E-state index in [0.29, 0.717) is 5.56 Å². The lowest BCUT2D eigenvalue weighted by Crippen LogP contribution is -2.46. The van der Waals surface area contributed by atoms with Gasteiger partial charge in [0.05, 0.1) is 18.4 Å². The molecule has 23 heavy (non-hydrogen) atoms. The van der Waals surface area contributed by atoms with E-state index in [1.807, 2.05) is 53.4 Å². The van der Waals surface area contributed by atoms with Gasteiger partial charge >= 0.3 is 0 Å². The number of benzene rings is 2. The Morgan fingerprint density at radius 2 is 1.91 bits per heavy atom. The Morgan fingerprint density at radius 3 is 2.70 bits per heavy atom. The van der Waals surface area contributed by atoms with E-state index in [9.17, 15) is 4.79 Å². The van der Waals surface area contributed by atoms with Crippen LogP contribution in [0.1, 0.15) is 10.4 Å². The summed E-state index contributed by atoms with van der Waals surface area (Å²) in [7, 11) is 1.64. The molecule has 0 aliphatic carbocycles. The van der Waals surface area contributed by atoms with Crippen molar-refractivity contribution in [3.8, 4) is 5.75 Å². The highest BCUT2D eigenvalue weighted by Crippen LogP contribution is 2.25. The van der Waals surface area contributed by atoms with E-state index in [4.69, 9.17) is 4.74 Å². The summed E-state index contributed by atoms with van der Waals surface area (Å²) >= 11 is 0. The number of hydrogen-bond acceptors (Lipinski definition) is 4. The van der Waals surface area contributed by atoms with E-state index in [0.717, 1.165) is 43.3 Å². The number of carbonyl (C=O) groups excluding carboxylic acids is 1. The van der Waals surface area contributed by atoms with E-state index < -0.39 is 0 Å². The lowest BCUT2D eigenvalue weighted by atomic mass is 10.1. The van der Waals surface area contributed by atoms with Crippen LogP contribution in [0.25, 0.3) is 0 Å². The predicted octanol–water partition coefficient (Wildman–Crippen LogP) is 2.48. The zero-order valence-corrected chi connectivity index (χ0v) is 13.2. The third kappa shape index (κ3) is 3.63. The van der Waals surface area contributed by atoms with Crippen LogP contribution in [-0.2, 0) is 0 Å². The molecule has 0 bridgehead atoms. The molecule has 120 valence electrons. The summed E-state index contributed by atoms with van der Waals surface area (Å²) in [6.45, 7) is 3.17. The number of carbonyl (C=O) groups is 1. The second-order valence-electron chi connectivity index (χ2n) is 5.44. The Morgan fingerprint density at radius 1 is 1.13 bits per heavy atom. The minimum absolute atomic E-state index is 0.0671. The molecule has 1 saturated heterocycles. The first-order chi connectivity index (χ1) is 11.3. The summed E-state index contributed by atoms with van der Waals surface area (Å²) in [4.78, 5) is 14.7. The minimum Gasteiger partial charge on any atom is -0.497 e. The summed E-state index contributed by atoms with van der Waals surface area (Å²) in [5.41, 5.74) is 2.39. The summed E-state index contributed by atoms with van der Waals surface area (Å²) in [6, 6.07) is 15.3. The maximum Gasteiger partial charge on any atom is 0.256 e. The SMILES string of the molecule is COc1cccc(Nc2ccccc2C(=O)N2CCNCC2)c1. The van der Waals surface area contributed by atoms with Crippen LogP contribution in [0.5, 0.6) is 5.75 Å². The maximum atomic E-state index is 12.8. The second kappa shape index (κ2) is 7.15. The van der Waals surface area contributed by atoms with Gasteiger partial charge < -0.3 is 20.3 Å². The number of amides is 1. The fourth-order valence-corrected chi connectivity index (χ4v) is 2.67. The first-order valence-corrected chi connectivity index (χ1v) is 7.78. The van der Waals surface area contributed by atoms with Gasteiger partial charge in [0.15, 0.2) is 0 Å². The molecule has 0 atom stereocenters. The number of rotatable bonds is 4. The Labute approximate surface area is 136 Å². The van der Waals surface area contributed by atoms with Gasteiger partial charge in [0, 0.05) is 37.9 Å². The van der Waals surface area contributed by atoms with Crippen molar-refractivity contribution >= 4 is 17.3 Å². The molecule has 0 aromatic heterocycles. The molecular formula is C18H21N3O2. The van der Waals surface area contributed by atoms with Crippen LogP contribution in [0, 0.1) is 0 Å². The molecule has 5 nitrogen and oxygen atoms in total. The molecule has 0 spiro atoms. The van der Waals surface area contributed by atoms with Crippen LogP contribution in [0.3, 0.4) is 0 Å². The summed E-state index contributed by atoms with van der Waals surface area (Å²) < 4.78 is 5.24. The molecule has 1 amide bonds. The summed E-state index contributed by atoms with van der Waals surface area (Å²) in [6.07, 6.45) is 0. The van der Waals surface area contributed by atoms with Crippen LogP contribution in [0.2, 0.25) is 0 Å². The maximum absolute atomic E-state index is 12.8. The quantitative estimate of drug-likeness (QED) is 0.911. The lowest BCUT2D eigenvalue weighted by molar-refractivity contribution is 0.0737. The van der Waals surface area contributed by atoms with Crippen LogP contribution in [0.15, 0.2) is 48.5 Å². The van der Waals surface area contributed by atoms with Gasteiger partial charge in [-0.2, -0.15) is 0 Å². The molecule has 0 radical (unpaired) electrons. The first kappa shape index (κ1) is 15.4. The number of nitrogens with zero attached hydrogens (tertiary/aromatic N) is 1. The molecule has 0 saturated carbocycles. The number of nitrogens with one attached hydrogen (secondary N) is 2. The molecule has 2 aromatic rings. The third-order valence-electron chi connectivity index (χ3n) is 3.91. The molecule has 2 N–H and O–H groups in total. The largest absolute Gasteiger partial charge is 0.497 e. The van der Waals surface area contributed by atoms with Crippen LogP contribution >= 0.6 is 0 Å². The average molecular weight is 311 g/mol. The molecule has 1 heterocycles. The molecule has 1 aliphatic rings. The minimum atomic E-state index is 0.0671. The van der Waals surface area contributed by atoms with Gasteiger partial charge in [-0.15, -0.1) is 0 Å². The zero-order chi connectivity index (χ0) is 16.1. The number of anilines is 2. The van der Waals surface area contributed by atoms with Crippen LogP contribution < -0.4 is 15.4 Å². The second-order valence-corrected chi connectivity index (χ2v) is 5.44. The van der Waals surface area contributed by atoms with Crippen molar-refractivity contribution in [3.05, 3.63) is 54.1 Å². The molecule has 3 rings (SSSR count). The van der Waals surface area contributed by atoms with Gasteiger partial charge in [0.25, 0.3) is 5.91 Å². The zero-order valence-electron chi connectivity index (χ0n) is 13.2. The van der Waals surface area contributed by atoms with Gasteiger partial charge in [-0.1, -0.05) is 18.2 Å². The number of piperazine rings is 1. The third-order valence-corrected chi connectivity index (χ3v) is 3.91. The van der Waals surface area contributed by atoms with Crippen molar-refractivity contribution in [1.29, 1.82) is 0 Å². The highest BCUT2D eigenvalue weighted by Gasteiger charge is 2.20. The molecule has 5 heteroatoms. The molecule has 2 aromatic carbocycles. The Bertz CT molecular complexity index is 681. The molecular weight excluding hydrogens is 290 g/mol. The van der Waals surface area contributed by atoms with Gasteiger partial charge in [-0.25, -0.2) is 0 Å². The van der Waals surface area contributed by atoms with E-state index in [-0.39, 0.29) is 5.91 Å². The van der Waals surface area contributed by atoms with E-state index in [1.54, 1.807) is 7.11 Å². The van der Waals surface area contributed by atoms with Crippen molar-refractivity contribution in [2.75, 3.05) is 38.6 Å². The predicted molar refractivity (Wildman–Crippen MR) is 91.5 cm³/mol. The number of hydrogen-bond donors (Lipinski definition) is 2. The number of methoxy groups -OCH3 is 1. The van der Waals surface area contributed by atoms with Gasteiger partial charge in [-0.05, 0) is 24.3 Å². The van der Waals surface area contributed by atoms with Gasteiger partial charge in [0.1, 0.15) is 5.75 Å². The number of para-hydroxylation sites is 1. The van der Waals surface area contributed by atoms with Crippen molar-refractivity contribution in [2.24, 2.45) is 0 Å². The first-order valence-electron chi connectivity index (χ1n) is 7.78. The van der Waals surface area contributed by atoms with Crippen molar-refractivity contribution < 1.29 is 9.53 Å². The smallest absolute Gasteiger partial charge is 0.256 e. The molecule has 1 fully saturated rings. The normalized spacial score (nSPS) is 14.4. The fourth-order valence-electron chi connectivity index (χ4n) is 2.67. The average Bonchev–Trinajstić information content (AvgIpc) is 2.62. The van der Waals surface area contributed by atoms with Gasteiger partial charge in [-0.3, -0.25) is 4.79 Å². The van der Waals surface area contributed by atoms with Crippen molar-refractivity contribution in [2.45, 2.75) is 0 Å². The molecule has 0 unspecified atom stereocenters. The van der Waals surface area contributed by atoms with Crippen molar-refractivity contribution in [1.82, 2.24) is 10.2 Å². The van der Waals surface area contributed by atoms with E-state index in [2.05, 4.69) is 10.6 Å². The van der Waals surface area contributed by atoms with Crippen LogP contribution in [-0.4, -0.2) is 44.1 Å². The summed E-state index contributed by atoms with van der Waals surface area (Å²) in [5, 5.41) is 6.59.